The van der Waals surface area contributed by atoms with Gasteiger partial charge in [0.05, 0.1) is 0 Å². The summed E-state index contributed by atoms with van der Waals surface area (Å²) in [6, 6.07) is 0. The minimum Gasteiger partial charge on any atom is -0.259 e. The van der Waals surface area contributed by atoms with Crippen molar-refractivity contribution in [2.75, 3.05) is 6.16 Å². The van der Waals surface area contributed by atoms with E-state index < -0.39 is 26.5 Å². The first-order valence-corrected chi connectivity index (χ1v) is 4.84. The van der Waals surface area contributed by atoms with Crippen LogP contribution in [0.2, 0.25) is 0 Å². The van der Waals surface area contributed by atoms with E-state index in [0.29, 0.717) is 0 Å². The molecule has 0 radical (unpaired) electrons. The number of hydrogen-bond donors (Lipinski definition) is 0. The van der Waals surface area contributed by atoms with Gasteiger partial charge in [-0.05, 0) is 0 Å². The molecule has 0 aromatic heterocycles. The summed E-state index contributed by atoms with van der Waals surface area (Å²) in [6.07, 6.45) is -11.9. The van der Waals surface area contributed by atoms with Crippen LogP contribution >= 0.6 is 7.60 Å². The molecule has 0 fully saturated rings. The highest BCUT2D eigenvalue weighted by Crippen LogP contribution is 2.55. The second-order valence-corrected chi connectivity index (χ2v) is 4.22. The molecule has 0 aliphatic heterocycles. The first-order valence-electron chi connectivity index (χ1n) is 3.11. The average molecular weight is 246 g/mol. The molecule has 0 atom stereocenters. The quantitative estimate of drug-likeness (QED) is 0.566. The van der Waals surface area contributed by atoms with E-state index in [1.807, 2.05) is 0 Å². The van der Waals surface area contributed by atoms with E-state index in [9.17, 15) is 30.9 Å². The Bertz CT molecular complexity index is 212. The van der Waals surface area contributed by atoms with Crippen molar-refractivity contribution in [2.45, 2.75) is 19.6 Å². The molecular weight excluding hydrogens is 241 g/mol. The average Bonchev–Trinajstić information content (AvgIpc) is 1.78. The lowest BCUT2D eigenvalue weighted by molar-refractivity contribution is -0.307. The van der Waals surface area contributed by atoms with Crippen molar-refractivity contribution in [3.8, 4) is 0 Å². The van der Waals surface area contributed by atoms with Crippen LogP contribution in [0.4, 0.5) is 26.3 Å². The van der Waals surface area contributed by atoms with E-state index in [0.717, 1.165) is 6.92 Å². The van der Waals surface area contributed by atoms with Gasteiger partial charge in [-0.3, -0.25) is 4.57 Å². The van der Waals surface area contributed by atoms with Crippen LogP contribution in [0.15, 0.2) is 0 Å². The standard InChI is InChI=1S/C4H5F6O3P/c1-2-14(11,12-3(5,6)7)13-4(8,9)10/h2H2,1H3. The van der Waals surface area contributed by atoms with Crippen molar-refractivity contribution in [3.63, 3.8) is 0 Å². The van der Waals surface area contributed by atoms with Gasteiger partial charge in [-0.15, -0.1) is 26.3 Å². The monoisotopic (exact) mass is 246 g/mol. The summed E-state index contributed by atoms with van der Waals surface area (Å²) < 4.78 is 85.1. The fourth-order valence-corrected chi connectivity index (χ4v) is 1.39. The Morgan fingerprint density at radius 3 is 1.43 bits per heavy atom. The third kappa shape index (κ3) is 6.22. The fraction of sp³-hybridized carbons (Fsp3) is 1.00. The zero-order valence-corrected chi connectivity index (χ0v) is 7.54. The molecule has 0 unspecified atom stereocenters. The number of hydrogen-bond acceptors (Lipinski definition) is 3. The molecule has 0 rings (SSSR count). The van der Waals surface area contributed by atoms with Crippen molar-refractivity contribution in [3.05, 3.63) is 0 Å². The zero-order valence-electron chi connectivity index (χ0n) is 6.65. The Hall–Kier alpha value is -0.270. The molecule has 0 amide bonds. The first kappa shape index (κ1) is 13.7. The lowest BCUT2D eigenvalue weighted by atomic mass is 11.0. The van der Waals surface area contributed by atoms with Crippen molar-refractivity contribution < 1.29 is 40.0 Å². The normalized spacial score (nSPS) is 14.5. The topological polar surface area (TPSA) is 35.5 Å². The Balaban J connectivity index is 4.59. The molecule has 0 saturated heterocycles. The molecule has 0 aromatic rings. The molecule has 0 saturated carbocycles. The van der Waals surface area contributed by atoms with Crippen molar-refractivity contribution in [1.29, 1.82) is 0 Å². The Morgan fingerprint density at radius 2 is 1.29 bits per heavy atom. The highest BCUT2D eigenvalue weighted by Gasteiger charge is 2.47. The van der Waals surface area contributed by atoms with Crippen molar-refractivity contribution in [1.82, 2.24) is 0 Å². The van der Waals surface area contributed by atoms with Crippen molar-refractivity contribution in [2.24, 2.45) is 0 Å². The molecule has 86 valence electrons. The maximum absolute atomic E-state index is 11.5. The van der Waals surface area contributed by atoms with Gasteiger partial charge >= 0.3 is 20.3 Å². The van der Waals surface area contributed by atoms with E-state index >= 15 is 0 Å². The van der Waals surface area contributed by atoms with Gasteiger partial charge in [-0.1, -0.05) is 6.92 Å². The van der Waals surface area contributed by atoms with Crippen LogP contribution in [0.1, 0.15) is 6.92 Å². The van der Waals surface area contributed by atoms with Crippen LogP contribution in [0.25, 0.3) is 0 Å². The van der Waals surface area contributed by atoms with Gasteiger partial charge in [0.1, 0.15) is 0 Å². The Kier molecular flexibility index (Phi) is 4.00. The van der Waals surface area contributed by atoms with E-state index in [4.69, 9.17) is 0 Å². The summed E-state index contributed by atoms with van der Waals surface area (Å²) >= 11 is 0. The van der Waals surface area contributed by atoms with Gasteiger partial charge in [-0.2, -0.15) is 0 Å². The lowest BCUT2D eigenvalue weighted by Gasteiger charge is -2.18. The summed E-state index contributed by atoms with van der Waals surface area (Å²) in [6.45, 7) is 0.818. The van der Waals surface area contributed by atoms with Gasteiger partial charge < -0.3 is 0 Å². The summed E-state index contributed by atoms with van der Waals surface area (Å²) in [4.78, 5) is 0. The van der Waals surface area contributed by atoms with Crippen molar-refractivity contribution >= 4 is 7.60 Å². The summed E-state index contributed by atoms with van der Waals surface area (Å²) in [5.41, 5.74) is 0. The highest BCUT2D eigenvalue weighted by atomic mass is 31.2. The molecule has 0 spiro atoms. The largest absolute Gasteiger partial charge is 0.529 e. The predicted octanol–water partition coefficient (Wildman–Crippen LogP) is 3.27. The molecule has 0 N–H and O–H groups in total. The lowest BCUT2D eigenvalue weighted by Crippen LogP contribution is -2.19. The Morgan fingerprint density at radius 1 is 1.00 bits per heavy atom. The van der Waals surface area contributed by atoms with Gasteiger partial charge in [0.25, 0.3) is 0 Å². The highest BCUT2D eigenvalue weighted by molar-refractivity contribution is 7.53. The molecule has 0 bridgehead atoms. The van der Waals surface area contributed by atoms with Gasteiger partial charge in [0.15, 0.2) is 0 Å². The second-order valence-electron chi connectivity index (χ2n) is 2.00. The minimum absolute atomic E-state index is 0.818. The number of rotatable bonds is 3. The van der Waals surface area contributed by atoms with Crippen LogP contribution in [-0.4, -0.2) is 18.9 Å². The maximum atomic E-state index is 11.5. The zero-order chi connectivity index (χ0) is 11.6. The Labute approximate surface area is 74.5 Å². The SMILES string of the molecule is CCP(=O)(OC(F)(F)F)OC(F)(F)F. The molecule has 0 aromatic carbocycles. The molecule has 0 aliphatic carbocycles. The molecule has 0 heterocycles. The predicted molar refractivity (Wildman–Crippen MR) is 32.4 cm³/mol. The van der Waals surface area contributed by atoms with Gasteiger partial charge in [0, 0.05) is 6.16 Å². The van der Waals surface area contributed by atoms with E-state index in [1.165, 1.54) is 0 Å². The van der Waals surface area contributed by atoms with Crippen LogP contribution in [0, 0.1) is 0 Å². The summed E-state index contributed by atoms with van der Waals surface area (Å²) in [7, 11) is -5.19. The second kappa shape index (κ2) is 4.08. The van der Waals surface area contributed by atoms with Crippen LogP contribution in [0.5, 0.6) is 0 Å². The third-order valence-electron chi connectivity index (χ3n) is 0.872. The van der Waals surface area contributed by atoms with Crippen LogP contribution < -0.4 is 0 Å². The third-order valence-corrected chi connectivity index (χ3v) is 2.62. The van der Waals surface area contributed by atoms with Crippen LogP contribution in [0.3, 0.4) is 0 Å². The van der Waals surface area contributed by atoms with Gasteiger partial charge in [-0.25, -0.2) is 9.05 Å². The first-order chi connectivity index (χ1) is 5.97. The van der Waals surface area contributed by atoms with Crippen LogP contribution in [-0.2, 0) is 13.6 Å². The summed E-state index contributed by atoms with van der Waals surface area (Å²) in [5.74, 6) is 0. The van der Waals surface area contributed by atoms with E-state index in [-0.39, 0.29) is 0 Å². The minimum atomic E-state index is -5.43. The molecule has 3 nitrogen and oxygen atoms in total. The van der Waals surface area contributed by atoms with Gasteiger partial charge in [0.2, 0.25) is 0 Å². The molecule has 0 aliphatic rings. The van der Waals surface area contributed by atoms with E-state index in [1.54, 1.807) is 0 Å². The molecule has 14 heavy (non-hydrogen) atoms. The smallest absolute Gasteiger partial charge is 0.259 e. The summed E-state index contributed by atoms with van der Waals surface area (Å²) in [5, 5.41) is 0. The number of halogens is 6. The van der Waals surface area contributed by atoms with E-state index in [2.05, 4.69) is 9.05 Å². The maximum Gasteiger partial charge on any atom is 0.529 e. The number of alkyl halides is 6. The fourth-order valence-electron chi connectivity index (χ4n) is 0.463. The molecule has 10 heteroatoms. The molecular formula is C4H5F6O3P.